The topological polar surface area (TPSA) is 59.2 Å². The van der Waals surface area contributed by atoms with E-state index in [9.17, 15) is 4.39 Å². The summed E-state index contributed by atoms with van der Waals surface area (Å²) < 4.78 is 18.4. The van der Waals surface area contributed by atoms with Crippen LogP contribution in [0.5, 0.6) is 0 Å². The highest BCUT2D eigenvalue weighted by Crippen LogP contribution is 2.22. The first kappa shape index (κ1) is 9.79. The zero-order chi connectivity index (χ0) is 10.8. The first-order chi connectivity index (χ1) is 7.18. The van der Waals surface area contributed by atoms with E-state index >= 15 is 0 Å². The smallest absolute Gasteiger partial charge is 0.250 e. The molecule has 1 aromatic heterocycles. The number of aromatic nitrogens is 2. The molecule has 2 aromatic rings. The lowest BCUT2D eigenvalue weighted by molar-refractivity contribution is 0.163. The lowest BCUT2D eigenvalue weighted by Crippen LogP contribution is -1.89. The number of hydrogen-bond acceptors (Lipinski definition) is 4. The van der Waals surface area contributed by atoms with Gasteiger partial charge in [0, 0.05) is 0 Å². The van der Waals surface area contributed by atoms with Crippen molar-refractivity contribution < 1.29 is 13.9 Å². The van der Waals surface area contributed by atoms with Gasteiger partial charge in [-0.2, -0.15) is 0 Å². The maximum Gasteiger partial charge on any atom is 0.250 e. The molecule has 1 heterocycles. The SMILES string of the molecule is CC(O)c1nnc(-c2ccccc2F)o1. The summed E-state index contributed by atoms with van der Waals surface area (Å²) in [7, 11) is 0. The summed E-state index contributed by atoms with van der Waals surface area (Å²) in [4.78, 5) is 0. The van der Waals surface area contributed by atoms with Gasteiger partial charge >= 0.3 is 0 Å². The largest absolute Gasteiger partial charge is 0.418 e. The highest BCUT2D eigenvalue weighted by molar-refractivity contribution is 5.53. The van der Waals surface area contributed by atoms with Gasteiger partial charge in [-0.05, 0) is 19.1 Å². The standard InChI is InChI=1S/C10H9FN2O2/c1-6(14)9-12-13-10(15-9)7-4-2-3-5-8(7)11/h2-6,14H,1H3. The third-order valence-corrected chi connectivity index (χ3v) is 1.90. The average molecular weight is 208 g/mol. The summed E-state index contributed by atoms with van der Waals surface area (Å²) >= 11 is 0. The Hall–Kier alpha value is -1.75. The minimum absolute atomic E-state index is 0.0731. The first-order valence-corrected chi connectivity index (χ1v) is 4.45. The molecule has 0 saturated carbocycles. The summed E-state index contributed by atoms with van der Waals surface area (Å²) in [5, 5.41) is 16.4. The minimum atomic E-state index is -0.849. The van der Waals surface area contributed by atoms with Gasteiger partial charge in [0.1, 0.15) is 11.9 Å². The van der Waals surface area contributed by atoms with Crippen molar-refractivity contribution in [1.82, 2.24) is 10.2 Å². The normalized spacial score (nSPS) is 12.7. The van der Waals surface area contributed by atoms with Crippen LogP contribution in [0.25, 0.3) is 11.5 Å². The molecular formula is C10H9FN2O2. The summed E-state index contributed by atoms with van der Waals surface area (Å²) in [6.45, 7) is 1.50. The Morgan fingerprint density at radius 1 is 1.33 bits per heavy atom. The van der Waals surface area contributed by atoms with E-state index in [2.05, 4.69) is 10.2 Å². The highest BCUT2D eigenvalue weighted by Gasteiger charge is 2.14. The van der Waals surface area contributed by atoms with Crippen LogP contribution < -0.4 is 0 Å². The van der Waals surface area contributed by atoms with Crippen LogP contribution >= 0.6 is 0 Å². The Kier molecular flexibility index (Phi) is 2.47. The van der Waals surface area contributed by atoms with Crippen molar-refractivity contribution in [3.05, 3.63) is 36.0 Å². The predicted octanol–water partition coefficient (Wildman–Crippen LogP) is 1.93. The first-order valence-electron chi connectivity index (χ1n) is 4.45. The Morgan fingerprint density at radius 3 is 2.67 bits per heavy atom. The monoisotopic (exact) mass is 208 g/mol. The summed E-state index contributed by atoms with van der Waals surface area (Å²) in [6, 6.07) is 6.09. The van der Waals surface area contributed by atoms with Crippen LogP contribution in [0, 0.1) is 5.82 Å². The van der Waals surface area contributed by atoms with Gasteiger partial charge < -0.3 is 9.52 Å². The summed E-state index contributed by atoms with van der Waals surface area (Å²) in [5.74, 6) is -0.282. The molecule has 0 aliphatic carbocycles. The molecule has 0 saturated heterocycles. The average Bonchev–Trinajstić information content (AvgIpc) is 2.67. The second-order valence-corrected chi connectivity index (χ2v) is 3.10. The molecule has 1 atom stereocenters. The maximum absolute atomic E-state index is 13.3. The molecular weight excluding hydrogens is 199 g/mol. The molecule has 78 valence electrons. The number of aliphatic hydroxyl groups excluding tert-OH is 1. The molecule has 5 heteroatoms. The molecule has 0 aliphatic rings. The predicted molar refractivity (Wildman–Crippen MR) is 50.3 cm³/mol. The fourth-order valence-electron chi connectivity index (χ4n) is 1.15. The molecule has 1 unspecified atom stereocenters. The maximum atomic E-state index is 13.3. The molecule has 0 spiro atoms. The number of hydrogen-bond donors (Lipinski definition) is 1. The molecule has 0 amide bonds. The van der Waals surface area contributed by atoms with Crippen LogP contribution in [0.2, 0.25) is 0 Å². The number of aliphatic hydroxyl groups is 1. The van der Waals surface area contributed by atoms with Gasteiger partial charge in [-0.3, -0.25) is 0 Å². The van der Waals surface area contributed by atoms with E-state index in [0.29, 0.717) is 0 Å². The van der Waals surface area contributed by atoms with Gasteiger partial charge in [0.05, 0.1) is 5.56 Å². The third kappa shape index (κ3) is 1.87. The third-order valence-electron chi connectivity index (χ3n) is 1.90. The zero-order valence-corrected chi connectivity index (χ0v) is 8.01. The molecule has 1 aromatic carbocycles. The van der Waals surface area contributed by atoms with Gasteiger partial charge in [0.15, 0.2) is 0 Å². The Morgan fingerprint density at radius 2 is 2.07 bits per heavy atom. The molecule has 15 heavy (non-hydrogen) atoms. The number of halogens is 1. The van der Waals surface area contributed by atoms with Crippen LogP contribution in [0.15, 0.2) is 28.7 Å². The number of rotatable bonds is 2. The van der Waals surface area contributed by atoms with Crippen LogP contribution in [-0.2, 0) is 0 Å². The van der Waals surface area contributed by atoms with E-state index in [1.807, 2.05) is 0 Å². The van der Waals surface area contributed by atoms with Gasteiger partial charge in [0.25, 0.3) is 5.89 Å². The number of benzene rings is 1. The second-order valence-electron chi connectivity index (χ2n) is 3.10. The van der Waals surface area contributed by atoms with Crippen LogP contribution in [0.4, 0.5) is 4.39 Å². The van der Waals surface area contributed by atoms with Crippen molar-refractivity contribution in [3.63, 3.8) is 0 Å². The second kappa shape index (κ2) is 3.78. The molecule has 0 bridgehead atoms. The molecule has 1 N–H and O–H groups in total. The van der Waals surface area contributed by atoms with Crippen molar-refractivity contribution in [2.75, 3.05) is 0 Å². The molecule has 4 nitrogen and oxygen atoms in total. The minimum Gasteiger partial charge on any atom is -0.418 e. The van der Waals surface area contributed by atoms with E-state index in [1.165, 1.54) is 19.1 Å². The zero-order valence-electron chi connectivity index (χ0n) is 8.01. The van der Waals surface area contributed by atoms with E-state index in [-0.39, 0.29) is 17.3 Å². The Labute approximate surface area is 85.4 Å². The van der Waals surface area contributed by atoms with Crippen molar-refractivity contribution >= 4 is 0 Å². The van der Waals surface area contributed by atoms with E-state index < -0.39 is 11.9 Å². The number of nitrogens with zero attached hydrogens (tertiary/aromatic N) is 2. The molecule has 0 radical (unpaired) electrons. The molecule has 2 rings (SSSR count). The fraction of sp³-hybridized carbons (Fsp3) is 0.200. The van der Waals surface area contributed by atoms with E-state index in [1.54, 1.807) is 12.1 Å². The summed E-state index contributed by atoms with van der Waals surface area (Å²) in [5.41, 5.74) is 0.233. The molecule has 0 aliphatic heterocycles. The van der Waals surface area contributed by atoms with E-state index in [4.69, 9.17) is 9.52 Å². The summed E-state index contributed by atoms with van der Waals surface area (Å²) in [6.07, 6.45) is -0.849. The van der Waals surface area contributed by atoms with Gasteiger partial charge in [0.2, 0.25) is 5.89 Å². The quantitative estimate of drug-likeness (QED) is 0.819. The Balaban J connectivity index is 2.42. The highest BCUT2D eigenvalue weighted by atomic mass is 19.1. The van der Waals surface area contributed by atoms with Crippen molar-refractivity contribution in [3.8, 4) is 11.5 Å². The van der Waals surface area contributed by atoms with Crippen LogP contribution in [-0.4, -0.2) is 15.3 Å². The fourth-order valence-corrected chi connectivity index (χ4v) is 1.15. The van der Waals surface area contributed by atoms with E-state index in [0.717, 1.165) is 0 Å². The van der Waals surface area contributed by atoms with Crippen molar-refractivity contribution in [2.45, 2.75) is 13.0 Å². The lowest BCUT2D eigenvalue weighted by Gasteiger charge is -1.96. The van der Waals surface area contributed by atoms with Crippen LogP contribution in [0.1, 0.15) is 18.9 Å². The van der Waals surface area contributed by atoms with Crippen molar-refractivity contribution in [2.24, 2.45) is 0 Å². The van der Waals surface area contributed by atoms with Gasteiger partial charge in [-0.25, -0.2) is 4.39 Å². The van der Waals surface area contributed by atoms with Gasteiger partial charge in [-0.15, -0.1) is 10.2 Å². The van der Waals surface area contributed by atoms with Gasteiger partial charge in [-0.1, -0.05) is 12.1 Å². The molecule has 0 fully saturated rings. The van der Waals surface area contributed by atoms with Crippen LogP contribution in [0.3, 0.4) is 0 Å². The lowest BCUT2D eigenvalue weighted by atomic mass is 10.2. The van der Waals surface area contributed by atoms with Crippen molar-refractivity contribution in [1.29, 1.82) is 0 Å². The Bertz CT molecular complexity index is 468.